The SMILES string of the molecule is Cc1cccc(NN(C(=O)Oc2ccc([N+](=O)[O-])cc2)S(=O)(=O)c2ccc(Cl)cc2)c1. The van der Waals surface area contributed by atoms with Gasteiger partial charge in [-0.05, 0) is 61.0 Å². The van der Waals surface area contributed by atoms with Crippen LogP contribution in [0.2, 0.25) is 5.02 Å². The molecule has 0 bridgehead atoms. The van der Waals surface area contributed by atoms with Crippen LogP contribution in [0.15, 0.2) is 77.7 Å². The van der Waals surface area contributed by atoms with Gasteiger partial charge in [-0.1, -0.05) is 23.7 Å². The number of ether oxygens (including phenoxy) is 1. The number of hydrogen-bond donors (Lipinski definition) is 1. The van der Waals surface area contributed by atoms with E-state index >= 15 is 0 Å². The number of benzene rings is 3. The van der Waals surface area contributed by atoms with E-state index in [1.165, 1.54) is 36.4 Å². The van der Waals surface area contributed by atoms with Crippen molar-refractivity contribution in [1.29, 1.82) is 0 Å². The normalized spacial score (nSPS) is 10.9. The number of amides is 1. The Kier molecular flexibility index (Phi) is 6.42. The van der Waals surface area contributed by atoms with Gasteiger partial charge in [0, 0.05) is 17.2 Å². The zero-order chi connectivity index (χ0) is 22.6. The zero-order valence-electron chi connectivity index (χ0n) is 16.1. The van der Waals surface area contributed by atoms with Gasteiger partial charge in [0.25, 0.3) is 15.7 Å². The molecule has 9 nitrogen and oxygen atoms in total. The number of anilines is 1. The minimum absolute atomic E-state index is 0.0713. The number of nitrogens with zero attached hydrogens (tertiary/aromatic N) is 2. The largest absolute Gasteiger partial charge is 0.449 e. The summed E-state index contributed by atoms with van der Waals surface area (Å²) in [5, 5.41) is 11.1. The third-order valence-electron chi connectivity index (χ3n) is 4.02. The Balaban J connectivity index is 1.95. The molecule has 160 valence electrons. The number of aryl methyl sites for hydroxylation is 1. The third kappa shape index (κ3) is 5.30. The number of nitro groups is 1. The quantitative estimate of drug-likeness (QED) is 0.414. The number of hydrazine groups is 1. The van der Waals surface area contributed by atoms with Gasteiger partial charge in [-0.2, -0.15) is 8.42 Å². The predicted octanol–water partition coefficient (Wildman–Crippen LogP) is 4.77. The molecular weight excluding hydrogens is 446 g/mol. The van der Waals surface area contributed by atoms with Crippen molar-refractivity contribution in [1.82, 2.24) is 4.41 Å². The summed E-state index contributed by atoms with van der Waals surface area (Å²) in [4.78, 5) is 22.8. The number of nitrogens with one attached hydrogen (secondary N) is 1. The standard InChI is InChI=1S/C20H16ClN3O6S/c1-14-3-2-4-16(13-14)22-23(31(28,29)19-11-5-15(21)6-12-19)20(25)30-18-9-7-17(8-10-18)24(26)27/h2-13,22H,1H3. The van der Waals surface area contributed by atoms with E-state index in [0.29, 0.717) is 15.1 Å². The van der Waals surface area contributed by atoms with Crippen LogP contribution in [0.3, 0.4) is 0 Å². The minimum atomic E-state index is -4.39. The Morgan fingerprint density at radius 2 is 1.71 bits per heavy atom. The number of carbonyl (C=O) groups excluding carboxylic acids is 1. The zero-order valence-corrected chi connectivity index (χ0v) is 17.6. The lowest BCUT2D eigenvalue weighted by molar-refractivity contribution is -0.384. The first kappa shape index (κ1) is 22.1. The second-order valence-electron chi connectivity index (χ2n) is 6.32. The molecule has 31 heavy (non-hydrogen) atoms. The summed E-state index contributed by atoms with van der Waals surface area (Å²) in [6.07, 6.45) is -1.26. The van der Waals surface area contributed by atoms with Gasteiger partial charge in [0.05, 0.1) is 15.5 Å². The van der Waals surface area contributed by atoms with Gasteiger partial charge in [-0.15, -0.1) is 4.41 Å². The molecule has 1 N–H and O–H groups in total. The van der Waals surface area contributed by atoms with Crippen molar-refractivity contribution in [3.05, 3.63) is 93.5 Å². The number of non-ortho nitro benzene ring substituents is 1. The number of halogens is 1. The first-order valence-corrected chi connectivity index (χ1v) is 10.6. The first-order valence-electron chi connectivity index (χ1n) is 8.77. The summed E-state index contributed by atoms with van der Waals surface area (Å²) < 4.78 is 31.8. The highest BCUT2D eigenvalue weighted by atomic mass is 35.5. The van der Waals surface area contributed by atoms with Crippen molar-refractivity contribution < 1.29 is 22.9 Å². The van der Waals surface area contributed by atoms with Crippen LogP contribution >= 0.6 is 11.6 Å². The van der Waals surface area contributed by atoms with Crippen molar-refractivity contribution in [2.45, 2.75) is 11.8 Å². The molecule has 0 saturated heterocycles. The van der Waals surface area contributed by atoms with Gasteiger partial charge in [-0.3, -0.25) is 15.5 Å². The van der Waals surface area contributed by atoms with E-state index in [2.05, 4.69) is 5.43 Å². The van der Waals surface area contributed by atoms with Gasteiger partial charge in [0.1, 0.15) is 5.75 Å². The lowest BCUT2D eigenvalue weighted by atomic mass is 10.2. The van der Waals surface area contributed by atoms with Crippen LogP contribution in [-0.2, 0) is 10.0 Å². The lowest BCUT2D eigenvalue weighted by Gasteiger charge is -2.23. The Morgan fingerprint density at radius 3 is 2.29 bits per heavy atom. The first-order chi connectivity index (χ1) is 14.7. The van der Waals surface area contributed by atoms with E-state index in [1.807, 2.05) is 0 Å². The fourth-order valence-electron chi connectivity index (χ4n) is 2.53. The molecule has 0 saturated carbocycles. The molecule has 3 aromatic rings. The van der Waals surface area contributed by atoms with Crippen LogP contribution in [0, 0.1) is 17.0 Å². The van der Waals surface area contributed by atoms with E-state index < -0.39 is 21.0 Å². The van der Waals surface area contributed by atoms with E-state index in [4.69, 9.17) is 16.3 Å². The van der Waals surface area contributed by atoms with Crippen molar-refractivity contribution >= 4 is 39.1 Å². The summed E-state index contributed by atoms with van der Waals surface area (Å²) in [7, 11) is -4.39. The van der Waals surface area contributed by atoms with Gasteiger partial charge < -0.3 is 4.74 Å². The average Bonchev–Trinajstić information content (AvgIpc) is 2.72. The van der Waals surface area contributed by atoms with Crippen molar-refractivity contribution in [2.24, 2.45) is 0 Å². The highest BCUT2D eigenvalue weighted by Gasteiger charge is 2.32. The fraction of sp³-hybridized carbons (Fsp3) is 0.0500. The number of hydrogen-bond acceptors (Lipinski definition) is 7. The van der Waals surface area contributed by atoms with Crippen LogP contribution in [0.25, 0.3) is 0 Å². The highest BCUT2D eigenvalue weighted by molar-refractivity contribution is 7.89. The molecule has 3 rings (SSSR count). The molecule has 1 amide bonds. The molecule has 0 aliphatic carbocycles. The Morgan fingerprint density at radius 1 is 1.06 bits per heavy atom. The summed E-state index contributed by atoms with van der Waals surface area (Å²) in [6, 6.07) is 16.6. The van der Waals surface area contributed by atoms with Crippen LogP contribution in [0.4, 0.5) is 16.2 Å². The van der Waals surface area contributed by atoms with Gasteiger partial charge in [-0.25, -0.2) is 4.79 Å². The molecule has 0 unspecified atom stereocenters. The van der Waals surface area contributed by atoms with E-state index in [-0.39, 0.29) is 16.3 Å². The molecule has 0 aromatic heterocycles. The number of rotatable bonds is 6. The molecular formula is C20H16ClN3O6S. The van der Waals surface area contributed by atoms with Crippen molar-refractivity contribution in [3.8, 4) is 5.75 Å². The Hall–Kier alpha value is -3.63. The lowest BCUT2D eigenvalue weighted by Crippen LogP contribution is -2.43. The van der Waals surface area contributed by atoms with Crippen molar-refractivity contribution in [3.63, 3.8) is 0 Å². The van der Waals surface area contributed by atoms with Gasteiger partial charge in [0.15, 0.2) is 0 Å². The van der Waals surface area contributed by atoms with Crippen LogP contribution in [-0.4, -0.2) is 23.8 Å². The maximum Gasteiger partial charge on any atom is 0.449 e. The molecule has 0 aliphatic heterocycles. The van der Waals surface area contributed by atoms with Gasteiger partial charge in [0.2, 0.25) is 0 Å². The summed E-state index contributed by atoms with van der Waals surface area (Å²) in [6.45, 7) is 1.80. The molecule has 0 radical (unpaired) electrons. The third-order valence-corrected chi connectivity index (χ3v) is 5.86. The Bertz CT molecular complexity index is 1210. The highest BCUT2D eigenvalue weighted by Crippen LogP contribution is 2.23. The van der Waals surface area contributed by atoms with E-state index in [1.54, 1.807) is 31.2 Å². The molecule has 0 atom stereocenters. The molecule has 0 fully saturated rings. The van der Waals surface area contributed by atoms with Gasteiger partial charge >= 0.3 is 6.09 Å². The van der Waals surface area contributed by atoms with Crippen LogP contribution < -0.4 is 10.2 Å². The smallest absolute Gasteiger partial charge is 0.408 e. The van der Waals surface area contributed by atoms with E-state index in [0.717, 1.165) is 17.7 Å². The fourth-order valence-corrected chi connectivity index (χ4v) is 3.80. The second-order valence-corrected chi connectivity index (χ2v) is 8.55. The van der Waals surface area contributed by atoms with Crippen LogP contribution in [0.1, 0.15) is 5.56 Å². The summed E-state index contributed by atoms with van der Waals surface area (Å²) in [5.41, 5.74) is 3.51. The minimum Gasteiger partial charge on any atom is -0.408 e. The number of nitro benzene ring substituents is 1. The maximum absolute atomic E-state index is 13.1. The number of carbonyl (C=O) groups is 1. The predicted molar refractivity (Wildman–Crippen MR) is 114 cm³/mol. The Labute approximate surface area is 183 Å². The summed E-state index contributed by atoms with van der Waals surface area (Å²) in [5.74, 6) is -0.0713. The molecule has 0 aliphatic rings. The maximum atomic E-state index is 13.1. The number of sulfonamides is 1. The molecule has 0 heterocycles. The molecule has 0 spiro atoms. The second kappa shape index (κ2) is 9.02. The van der Waals surface area contributed by atoms with Crippen molar-refractivity contribution in [2.75, 3.05) is 5.43 Å². The summed E-state index contributed by atoms with van der Waals surface area (Å²) >= 11 is 5.83. The topological polar surface area (TPSA) is 119 Å². The average molecular weight is 462 g/mol. The van der Waals surface area contributed by atoms with Crippen LogP contribution in [0.5, 0.6) is 5.75 Å². The monoisotopic (exact) mass is 461 g/mol. The van der Waals surface area contributed by atoms with E-state index in [9.17, 15) is 23.3 Å². The molecule has 11 heteroatoms. The molecule has 3 aromatic carbocycles.